The maximum Gasteiger partial charge on any atom is 0.220 e. The zero-order chi connectivity index (χ0) is 24.2. The van der Waals surface area contributed by atoms with E-state index in [0.29, 0.717) is 0 Å². The molecule has 198 valence electrons. The monoisotopic (exact) mass is 465 g/mol. The highest BCUT2D eigenvalue weighted by Gasteiger charge is 2.14. The van der Waals surface area contributed by atoms with Crippen LogP contribution in [0.1, 0.15) is 187 Å². The highest BCUT2D eigenvalue weighted by molar-refractivity contribution is 5.76. The molecule has 33 heavy (non-hydrogen) atoms. The Morgan fingerprint density at radius 1 is 0.424 bits per heavy atom. The van der Waals surface area contributed by atoms with Crippen LogP contribution in [0.4, 0.5) is 0 Å². The first-order chi connectivity index (χ1) is 16.2. The van der Waals surface area contributed by atoms with Gasteiger partial charge in [0.15, 0.2) is 0 Å². The summed E-state index contributed by atoms with van der Waals surface area (Å²) < 4.78 is 0. The second-order valence-corrected chi connectivity index (χ2v) is 10.8. The molecular formula is C31H63NO. The Hall–Kier alpha value is -0.530. The van der Waals surface area contributed by atoms with E-state index < -0.39 is 0 Å². The first-order valence-corrected chi connectivity index (χ1v) is 15.5. The second-order valence-electron chi connectivity index (χ2n) is 10.8. The van der Waals surface area contributed by atoms with Crippen LogP contribution in [-0.4, -0.2) is 5.91 Å². The van der Waals surface area contributed by atoms with Gasteiger partial charge in [-0.15, -0.1) is 0 Å². The van der Waals surface area contributed by atoms with Crippen molar-refractivity contribution in [2.75, 3.05) is 0 Å². The minimum Gasteiger partial charge on any atom is -0.369 e. The van der Waals surface area contributed by atoms with Crippen molar-refractivity contribution in [2.24, 2.45) is 11.7 Å². The largest absolute Gasteiger partial charge is 0.369 e. The summed E-state index contributed by atoms with van der Waals surface area (Å²) in [7, 11) is 0. The molecular weight excluding hydrogens is 402 g/mol. The van der Waals surface area contributed by atoms with Gasteiger partial charge in [0, 0.05) is 5.92 Å². The van der Waals surface area contributed by atoms with Crippen LogP contribution >= 0.6 is 0 Å². The van der Waals surface area contributed by atoms with Gasteiger partial charge in [0.1, 0.15) is 0 Å². The molecule has 1 atom stereocenters. The van der Waals surface area contributed by atoms with Crippen molar-refractivity contribution in [1.29, 1.82) is 0 Å². The van der Waals surface area contributed by atoms with Gasteiger partial charge in [-0.05, 0) is 12.8 Å². The lowest BCUT2D eigenvalue weighted by molar-refractivity contribution is -0.122. The number of hydrogen-bond acceptors (Lipinski definition) is 1. The van der Waals surface area contributed by atoms with Crippen LogP contribution < -0.4 is 5.73 Å². The molecule has 0 saturated heterocycles. The zero-order valence-electron chi connectivity index (χ0n) is 23.2. The minimum atomic E-state index is -0.0590. The molecule has 0 aromatic heterocycles. The predicted molar refractivity (Wildman–Crippen MR) is 149 cm³/mol. The van der Waals surface area contributed by atoms with Gasteiger partial charge < -0.3 is 5.73 Å². The summed E-state index contributed by atoms with van der Waals surface area (Å²) in [5.41, 5.74) is 5.68. The van der Waals surface area contributed by atoms with Gasteiger partial charge in [0.2, 0.25) is 5.91 Å². The van der Waals surface area contributed by atoms with Crippen molar-refractivity contribution in [1.82, 2.24) is 0 Å². The van der Waals surface area contributed by atoms with Crippen molar-refractivity contribution >= 4 is 5.91 Å². The molecule has 0 aliphatic carbocycles. The third-order valence-electron chi connectivity index (χ3n) is 7.46. The van der Waals surface area contributed by atoms with Crippen LogP contribution in [0.2, 0.25) is 0 Å². The normalized spacial score (nSPS) is 12.3. The van der Waals surface area contributed by atoms with Crippen LogP contribution in [0.15, 0.2) is 0 Å². The van der Waals surface area contributed by atoms with E-state index in [1.165, 1.54) is 161 Å². The molecule has 0 aromatic carbocycles. The van der Waals surface area contributed by atoms with E-state index in [2.05, 4.69) is 13.8 Å². The van der Waals surface area contributed by atoms with E-state index >= 15 is 0 Å². The number of hydrogen-bond donors (Lipinski definition) is 1. The Balaban J connectivity index is 3.39. The third-order valence-corrected chi connectivity index (χ3v) is 7.46. The Labute approximate surface area is 209 Å². The molecule has 0 rings (SSSR count). The third kappa shape index (κ3) is 25.9. The van der Waals surface area contributed by atoms with Crippen molar-refractivity contribution in [2.45, 2.75) is 187 Å². The van der Waals surface area contributed by atoms with E-state index in [1.807, 2.05) is 0 Å². The number of unbranched alkanes of at least 4 members (excludes halogenated alkanes) is 23. The van der Waals surface area contributed by atoms with Crippen LogP contribution in [0, 0.1) is 5.92 Å². The molecule has 0 aromatic rings. The summed E-state index contributed by atoms with van der Waals surface area (Å²) in [5.74, 6) is 0.0669. The van der Waals surface area contributed by atoms with Gasteiger partial charge in [-0.2, -0.15) is 0 Å². The first kappa shape index (κ1) is 32.5. The molecule has 2 nitrogen and oxygen atoms in total. The molecule has 0 heterocycles. The molecule has 0 aliphatic rings. The molecule has 2 N–H and O–H groups in total. The van der Waals surface area contributed by atoms with Crippen molar-refractivity contribution in [3.05, 3.63) is 0 Å². The fourth-order valence-electron chi connectivity index (χ4n) is 5.07. The zero-order valence-corrected chi connectivity index (χ0v) is 23.2. The molecule has 0 fully saturated rings. The first-order valence-electron chi connectivity index (χ1n) is 15.5. The fourth-order valence-corrected chi connectivity index (χ4v) is 5.07. The second kappa shape index (κ2) is 27.7. The van der Waals surface area contributed by atoms with Crippen molar-refractivity contribution in [3.8, 4) is 0 Å². The van der Waals surface area contributed by atoms with Gasteiger partial charge in [-0.3, -0.25) is 4.79 Å². The Morgan fingerprint density at radius 2 is 0.636 bits per heavy atom. The summed E-state index contributed by atoms with van der Waals surface area (Å²) in [4.78, 5) is 11.8. The fraction of sp³-hybridized carbons (Fsp3) is 0.968. The minimum absolute atomic E-state index is 0.0590. The van der Waals surface area contributed by atoms with Gasteiger partial charge in [0.05, 0.1) is 0 Å². The number of primary amides is 1. The summed E-state index contributed by atoms with van der Waals surface area (Å²) in [6, 6.07) is 0. The van der Waals surface area contributed by atoms with E-state index in [1.54, 1.807) is 0 Å². The number of rotatable bonds is 28. The van der Waals surface area contributed by atoms with Crippen LogP contribution in [0.5, 0.6) is 0 Å². The van der Waals surface area contributed by atoms with E-state index in [-0.39, 0.29) is 11.8 Å². The maximum atomic E-state index is 11.8. The average molecular weight is 466 g/mol. The summed E-state index contributed by atoms with van der Waals surface area (Å²) in [5, 5.41) is 0. The van der Waals surface area contributed by atoms with Gasteiger partial charge in [0.25, 0.3) is 0 Å². The lowest BCUT2D eigenvalue weighted by Gasteiger charge is -2.13. The highest BCUT2D eigenvalue weighted by Crippen LogP contribution is 2.20. The number of amides is 1. The van der Waals surface area contributed by atoms with Crippen LogP contribution in [0.25, 0.3) is 0 Å². The molecule has 1 unspecified atom stereocenters. The van der Waals surface area contributed by atoms with Crippen LogP contribution in [-0.2, 0) is 4.79 Å². The Morgan fingerprint density at radius 3 is 0.848 bits per heavy atom. The summed E-state index contributed by atoms with van der Waals surface area (Å²) in [6.07, 6.45) is 36.4. The molecule has 1 amide bonds. The summed E-state index contributed by atoms with van der Waals surface area (Å²) in [6.45, 7) is 4.57. The molecule has 0 radical (unpaired) electrons. The van der Waals surface area contributed by atoms with E-state index in [9.17, 15) is 4.79 Å². The van der Waals surface area contributed by atoms with E-state index in [4.69, 9.17) is 5.73 Å². The summed E-state index contributed by atoms with van der Waals surface area (Å²) >= 11 is 0. The predicted octanol–water partition coefficient (Wildman–Crippen LogP) is 10.7. The van der Waals surface area contributed by atoms with Gasteiger partial charge in [-0.1, -0.05) is 174 Å². The molecule has 2 heteroatoms. The lowest BCUT2D eigenvalue weighted by atomic mass is 9.93. The Bertz CT molecular complexity index is 381. The molecule has 0 saturated carbocycles. The highest BCUT2D eigenvalue weighted by atomic mass is 16.1. The Kier molecular flexibility index (Phi) is 27.3. The molecule has 0 spiro atoms. The lowest BCUT2D eigenvalue weighted by Crippen LogP contribution is -2.23. The maximum absolute atomic E-state index is 11.8. The van der Waals surface area contributed by atoms with E-state index in [0.717, 1.165) is 12.8 Å². The molecule has 0 aliphatic heterocycles. The molecule has 0 bridgehead atoms. The van der Waals surface area contributed by atoms with Crippen LogP contribution in [0.3, 0.4) is 0 Å². The van der Waals surface area contributed by atoms with Crippen molar-refractivity contribution < 1.29 is 4.79 Å². The quantitative estimate of drug-likeness (QED) is 0.115. The smallest absolute Gasteiger partial charge is 0.220 e. The van der Waals surface area contributed by atoms with Gasteiger partial charge in [-0.25, -0.2) is 0 Å². The standard InChI is InChI=1S/C31H63NO/c1-3-5-7-9-11-13-15-16-17-18-19-21-23-25-27-29-30(31(32)33)28-26-24-22-20-14-12-10-8-6-4-2/h30H,3-29H2,1-2H3,(H2,32,33). The van der Waals surface area contributed by atoms with Crippen molar-refractivity contribution in [3.63, 3.8) is 0 Å². The average Bonchev–Trinajstić information content (AvgIpc) is 2.81. The number of carbonyl (C=O) groups excluding carboxylic acids is 1. The number of carbonyl (C=O) groups is 1. The SMILES string of the molecule is CCCCCCCCCCCCCCCCCC(CCCCCCCCCCCC)C(N)=O. The number of nitrogens with two attached hydrogens (primary N) is 1. The van der Waals surface area contributed by atoms with Gasteiger partial charge >= 0.3 is 0 Å². The topological polar surface area (TPSA) is 43.1 Å².